The Morgan fingerprint density at radius 1 is 1.39 bits per heavy atom. The van der Waals surface area contributed by atoms with Crippen LogP contribution in [-0.4, -0.2) is 31.7 Å². The van der Waals surface area contributed by atoms with Crippen molar-refractivity contribution in [3.05, 3.63) is 35.6 Å². The predicted molar refractivity (Wildman–Crippen MR) is 91.2 cm³/mol. The van der Waals surface area contributed by atoms with Crippen molar-refractivity contribution >= 4 is 18.3 Å². The summed E-state index contributed by atoms with van der Waals surface area (Å²) in [7, 11) is 0. The molecule has 0 saturated carbocycles. The predicted octanol–water partition coefficient (Wildman–Crippen LogP) is 2.83. The van der Waals surface area contributed by atoms with Crippen molar-refractivity contribution in [2.45, 2.75) is 39.3 Å². The molecule has 2 atom stereocenters. The summed E-state index contributed by atoms with van der Waals surface area (Å²) in [5, 5.41) is 6.36. The maximum absolute atomic E-state index is 13.1. The van der Waals surface area contributed by atoms with Crippen molar-refractivity contribution in [2.24, 2.45) is 5.41 Å². The average Bonchev–Trinajstić information content (AvgIpc) is 2.46. The van der Waals surface area contributed by atoms with Crippen molar-refractivity contribution in [3.63, 3.8) is 0 Å². The number of hydrogen-bond acceptors (Lipinski definition) is 3. The van der Waals surface area contributed by atoms with Crippen molar-refractivity contribution < 1.29 is 13.9 Å². The van der Waals surface area contributed by atoms with Crippen LogP contribution in [0.5, 0.6) is 0 Å². The summed E-state index contributed by atoms with van der Waals surface area (Å²) in [6.45, 7) is 8.21. The van der Waals surface area contributed by atoms with Gasteiger partial charge in [-0.1, -0.05) is 32.9 Å². The molecule has 1 aliphatic rings. The fourth-order valence-electron chi connectivity index (χ4n) is 2.65. The van der Waals surface area contributed by atoms with Gasteiger partial charge >= 0.3 is 0 Å². The quantitative estimate of drug-likeness (QED) is 0.883. The maximum Gasteiger partial charge on any atom is 0.222 e. The molecule has 0 bridgehead atoms. The van der Waals surface area contributed by atoms with E-state index in [-0.39, 0.29) is 41.6 Å². The summed E-state index contributed by atoms with van der Waals surface area (Å²) in [6, 6.07) is 6.21. The van der Waals surface area contributed by atoms with Gasteiger partial charge in [0.15, 0.2) is 0 Å². The lowest BCUT2D eigenvalue weighted by atomic mass is 9.82. The summed E-state index contributed by atoms with van der Waals surface area (Å²) in [4.78, 5) is 12.3. The van der Waals surface area contributed by atoms with Crippen LogP contribution in [0.15, 0.2) is 24.3 Å². The van der Waals surface area contributed by atoms with Gasteiger partial charge in [0.2, 0.25) is 5.91 Å². The van der Waals surface area contributed by atoms with Crippen LogP contribution in [0.1, 0.15) is 38.8 Å². The van der Waals surface area contributed by atoms with Crippen LogP contribution in [0.4, 0.5) is 4.39 Å². The van der Waals surface area contributed by atoms with Gasteiger partial charge in [0, 0.05) is 19.0 Å². The highest BCUT2D eigenvalue weighted by Gasteiger charge is 2.28. The van der Waals surface area contributed by atoms with Gasteiger partial charge in [-0.25, -0.2) is 4.39 Å². The van der Waals surface area contributed by atoms with E-state index in [2.05, 4.69) is 31.4 Å². The molecule has 6 heteroatoms. The minimum atomic E-state index is -0.272. The van der Waals surface area contributed by atoms with Crippen LogP contribution in [0, 0.1) is 11.2 Å². The number of carbonyl (C=O) groups is 1. The van der Waals surface area contributed by atoms with Crippen LogP contribution in [0.2, 0.25) is 0 Å². The molecule has 1 aliphatic heterocycles. The molecular formula is C17H26ClFN2O2. The van der Waals surface area contributed by atoms with E-state index >= 15 is 0 Å². The summed E-state index contributed by atoms with van der Waals surface area (Å²) < 4.78 is 18.5. The van der Waals surface area contributed by atoms with Gasteiger partial charge in [0.25, 0.3) is 0 Å². The van der Waals surface area contributed by atoms with Gasteiger partial charge in [-0.3, -0.25) is 4.79 Å². The van der Waals surface area contributed by atoms with Crippen LogP contribution < -0.4 is 10.6 Å². The standard InChI is InChI=1S/C17H25FN2O2.ClH/c1-17(2,3)16(12-4-6-13(18)7-5-12)20-15(21)10-14-11-22-9-8-19-14;/h4-7,14,16,19H,8-11H2,1-3H3,(H,20,21);1H. The van der Waals surface area contributed by atoms with Gasteiger partial charge < -0.3 is 15.4 Å². The second-order valence-electron chi connectivity index (χ2n) is 6.85. The normalized spacial score (nSPS) is 19.6. The van der Waals surface area contributed by atoms with Crippen LogP contribution >= 0.6 is 12.4 Å². The lowest BCUT2D eigenvalue weighted by molar-refractivity contribution is -0.123. The number of benzene rings is 1. The minimum absolute atomic E-state index is 0. The molecule has 0 aromatic heterocycles. The number of nitrogens with one attached hydrogen (secondary N) is 2. The first-order valence-corrected chi connectivity index (χ1v) is 7.72. The number of ether oxygens (including phenoxy) is 1. The van der Waals surface area contributed by atoms with E-state index in [1.54, 1.807) is 12.1 Å². The van der Waals surface area contributed by atoms with Crippen LogP contribution in [-0.2, 0) is 9.53 Å². The Bertz CT molecular complexity index is 496. The van der Waals surface area contributed by atoms with Gasteiger partial charge in [0.05, 0.1) is 19.3 Å². The van der Waals surface area contributed by atoms with Gasteiger partial charge in [-0.2, -0.15) is 0 Å². The molecule has 0 radical (unpaired) electrons. The highest BCUT2D eigenvalue weighted by atomic mass is 35.5. The summed E-state index contributed by atoms with van der Waals surface area (Å²) >= 11 is 0. The molecule has 1 aromatic carbocycles. The third-order valence-corrected chi connectivity index (χ3v) is 3.80. The summed E-state index contributed by atoms with van der Waals surface area (Å²) in [6.07, 6.45) is 0.383. The molecule has 1 fully saturated rings. The molecule has 0 aliphatic carbocycles. The highest BCUT2D eigenvalue weighted by molar-refractivity contribution is 5.85. The van der Waals surface area contributed by atoms with E-state index < -0.39 is 0 Å². The number of rotatable bonds is 4. The molecule has 0 spiro atoms. The topological polar surface area (TPSA) is 50.4 Å². The smallest absolute Gasteiger partial charge is 0.222 e. The van der Waals surface area contributed by atoms with Crippen molar-refractivity contribution in [1.29, 1.82) is 0 Å². The van der Waals surface area contributed by atoms with Gasteiger partial charge in [-0.15, -0.1) is 12.4 Å². The van der Waals surface area contributed by atoms with Crippen LogP contribution in [0.25, 0.3) is 0 Å². The monoisotopic (exact) mass is 344 g/mol. The summed E-state index contributed by atoms with van der Waals surface area (Å²) in [5.74, 6) is -0.293. The van der Waals surface area contributed by atoms with Gasteiger partial charge in [0.1, 0.15) is 5.82 Å². The van der Waals surface area contributed by atoms with Gasteiger partial charge in [-0.05, 0) is 23.1 Å². The van der Waals surface area contributed by atoms with E-state index in [1.165, 1.54) is 12.1 Å². The largest absolute Gasteiger partial charge is 0.378 e. The maximum atomic E-state index is 13.1. The molecule has 2 N–H and O–H groups in total. The number of amides is 1. The molecule has 23 heavy (non-hydrogen) atoms. The van der Waals surface area contributed by atoms with Crippen molar-refractivity contribution in [2.75, 3.05) is 19.8 Å². The number of hydrogen-bond donors (Lipinski definition) is 2. The van der Waals surface area contributed by atoms with E-state index in [1.807, 2.05) is 0 Å². The van der Waals surface area contributed by atoms with E-state index in [0.29, 0.717) is 19.6 Å². The Morgan fingerprint density at radius 2 is 2.04 bits per heavy atom. The van der Waals surface area contributed by atoms with Crippen molar-refractivity contribution in [1.82, 2.24) is 10.6 Å². The first-order valence-electron chi connectivity index (χ1n) is 7.72. The Morgan fingerprint density at radius 3 is 2.57 bits per heavy atom. The number of carbonyl (C=O) groups excluding carboxylic acids is 1. The molecule has 1 aromatic rings. The number of morpholine rings is 1. The zero-order valence-electron chi connectivity index (χ0n) is 13.9. The van der Waals surface area contributed by atoms with Crippen LogP contribution in [0.3, 0.4) is 0 Å². The molecule has 4 nitrogen and oxygen atoms in total. The molecule has 1 amide bonds. The zero-order valence-corrected chi connectivity index (χ0v) is 14.7. The van der Waals surface area contributed by atoms with E-state index in [0.717, 1.165) is 12.1 Å². The molecular weight excluding hydrogens is 319 g/mol. The van der Waals surface area contributed by atoms with Crippen molar-refractivity contribution in [3.8, 4) is 0 Å². The Labute approximate surface area is 143 Å². The lowest BCUT2D eigenvalue weighted by Gasteiger charge is -2.33. The average molecular weight is 345 g/mol. The zero-order chi connectivity index (χ0) is 16.2. The summed E-state index contributed by atoms with van der Waals surface area (Å²) in [5.41, 5.74) is 0.749. The minimum Gasteiger partial charge on any atom is -0.378 e. The molecule has 2 unspecified atom stereocenters. The Hall–Kier alpha value is -1.17. The fourth-order valence-corrected chi connectivity index (χ4v) is 2.65. The molecule has 1 saturated heterocycles. The first kappa shape index (κ1) is 19.9. The Kier molecular flexibility index (Phi) is 7.45. The second kappa shape index (κ2) is 8.62. The second-order valence-corrected chi connectivity index (χ2v) is 6.85. The molecule has 1 heterocycles. The van der Waals surface area contributed by atoms with E-state index in [9.17, 15) is 9.18 Å². The fraction of sp³-hybridized carbons (Fsp3) is 0.588. The third kappa shape index (κ3) is 6.09. The molecule has 130 valence electrons. The third-order valence-electron chi connectivity index (χ3n) is 3.80. The molecule has 2 rings (SSSR count). The first-order chi connectivity index (χ1) is 10.4. The Balaban J connectivity index is 0.00000264. The lowest BCUT2D eigenvalue weighted by Crippen LogP contribution is -2.45. The van der Waals surface area contributed by atoms with E-state index in [4.69, 9.17) is 4.74 Å². The number of halogens is 2. The SMILES string of the molecule is CC(C)(C)C(NC(=O)CC1COCCN1)c1ccc(F)cc1.Cl. The highest BCUT2D eigenvalue weighted by Crippen LogP contribution is 2.32.